The van der Waals surface area contributed by atoms with Crippen molar-refractivity contribution in [2.45, 2.75) is 13.0 Å². The van der Waals surface area contributed by atoms with Crippen LogP contribution in [0.3, 0.4) is 0 Å². The smallest absolute Gasteiger partial charge is 0.257 e. The molecule has 2 N–H and O–H groups in total. The van der Waals surface area contributed by atoms with Crippen LogP contribution in [0.2, 0.25) is 5.15 Å². The number of nitrogens with zero attached hydrogens (tertiary/aromatic N) is 2. The third kappa shape index (κ3) is 2.66. The van der Waals surface area contributed by atoms with Crippen molar-refractivity contribution in [1.82, 2.24) is 9.88 Å². The van der Waals surface area contributed by atoms with Crippen molar-refractivity contribution >= 4 is 35.0 Å². The topological polar surface area (TPSA) is 59.2 Å². The van der Waals surface area contributed by atoms with Crippen molar-refractivity contribution < 1.29 is 4.79 Å². The first kappa shape index (κ1) is 12.5. The van der Waals surface area contributed by atoms with E-state index in [-0.39, 0.29) is 17.1 Å². The summed E-state index contributed by atoms with van der Waals surface area (Å²) in [5.41, 5.74) is 6.48. The zero-order chi connectivity index (χ0) is 12.4. The highest BCUT2D eigenvalue weighted by molar-refractivity contribution is 7.99. The summed E-state index contributed by atoms with van der Waals surface area (Å²) >= 11 is 7.80. The average Bonchev–Trinajstić information content (AvgIpc) is 2.32. The summed E-state index contributed by atoms with van der Waals surface area (Å²) in [5.74, 6) is 1.84. The second-order valence-electron chi connectivity index (χ2n) is 4.03. The summed E-state index contributed by atoms with van der Waals surface area (Å²) in [6.07, 6.45) is 1.45. The van der Waals surface area contributed by atoms with Gasteiger partial charge in [0.2, 0.25) is 0 Å². The molecule has 1 aliphatic heterocycles. The minimum atomic E-state index is -0.0809. The predicted octanol–water partition coefficient (Wildman–Crippen LogP) is 1.89. The Bertz CT molecular complexity index is 441. The second-order valence-corrected chi connectivity index (χ2v) is 5.54. The highest BCUT2D eigenvalue weighted by atomic mass is 35.5. The Morgan fingerprint density at radius 3 is 3.18 bits per heavy atom. The van der Waals surface area contributed by atoms with Crippen LogP contribution >= 0.6 is 23.4 Å². The fourth-order valence-corrected chi connectivity index (χ4v) is 3.00. The van der Waals surface area contributed by atoms with E-state index < -0.39 is 0 Å². The van der Waals surface area contributed by atoms with Crippen molar-refractivity contribution in [3.63, 3.8) is 0 Å². The van der Waals surface area contributed by atoms with E-state index in [2.05, 4.69) is 4.98 Å². The molecule has 17 heavy (non-hydrogen) atoms. The number of nitrogen functional groups attached to an aromatic ring is 1. The monoisotopic (exact) mass is 271 g/mol. The number of pyridine rings is 1. The first-order valence-electron chi connectivity index (χ1n) is 5.39. The van der Waals surface area contributed by atoms with Gasteiger partial charge in [-0.3, -0.25) is 4.79 Å². The van der Waals surface area contributed by atoms with E-state index in [1.165, 1.54) is 6.20 Å². The molecule has 1 unspecified atom stereocenters. The number of hydrogen-bond acceptors (Lipinski definition) is 4. The zero-order valence-electron chi connectivity index (χ0n) is 9.52. The first-order valence-corrected chi connectivity index (χ1v) is 6.92. The number of nitrogens with two attached hydrogens (primary N) is 1. The number of carbonyl (C=O) groups is 1. The van der Waals surface area contributed by atoms with Gasteiger partial charge in [0.15, 0.2) is 0 Å². The number of aromatic nitrogens is 1. The Morgan fingerprint density at radius 2 is 2.47 bits per heavy atom. The van der Waals surface area contributed by atoms with E-state index in [0.29, 0.717) is 11.3 Å². The minimum absolute atomic E-state index is 0.0809. The minimum Gasteiger partial charge on any atom is -0.397 e. The Morgan fingerprint density at radius 1 is 1.71 bits per heavy atom. The lowest BCUT2D eigenvalue weighted by molar-refractivity contribution is 0.0716. The summed E-state index contributed by atoms with van der Waals surface area (Å²) < 4.78 is 0. The molecule has 2 rings (SSSR count). The number of thioether (sulfide) groups is 1. The number of anilines is 1. The quantitative estimate of drug-likeness (QED) is 0.793. The Hall–Kier alpha value is -0.940. The Labute approximate surface area is 110 Å². The van der Waals surface area contributed by atoms with Gasteiger partial charge < -0.3 is 10.6 Å². The van der Waals surface area contributed by atoms with E-state index >= 15 is 0 Å². The molecule has 1 aromatic heterocycles. The summed E-state index contributed by atoms with van der Waals surface area (Å²) in [7, 11) is 0. The van der Waals surface area contributed by atoms with Crippen LogP contribution in [0.25, 0.3) is 0 Å². The Balaban J connectivity index is 2.26. The predicted molar refractivity (Wildman–Crippen MR) is 71.5 cm³/mol. The van der Waals surface area contributed by atoms with Crippen LogP contribution < -0.4 is 5.73 Å². The molecule has 0 aliphatic carbocycles. The van der Waals surface area contributed by atoms with Gasteiger partial charge in [-0.2, -0.15) is 11.8 Å². The number of amides is 1. The Kier molecular flexibility index (Phi) is 3.79. The first-order chi connectivity index (χ1) is 8.09. The summed E-state index contributed by atoms with van der Waals surface area (Å²) in [6.45, 7) is 2.79. The van der Waals surface area contributed by atoms with Gasteiger partial charge in [-0.25, -0.2) is 4.98 Å². The molecule has 1 aromatic rings. The number of halogens is 1. The molecule has 1 atom stereocenters. The van der Waals surface area contributed by atoms with Crippen molar-refractivity contribution in [2.24, 2.45) is 0 Å². The largest absolute Gasteiger partial charge is 0.397 e. The van der Waals surface area contributed by atoms with Crippen LogP contribution in [-0.2, 0) is 0 Å². The molecule has 2 heterocycles. The van der Waals surface area contributed by atoms with Gasteiger partial charge in [-0.05, 0) is 13.0 Å². The number of hydrogen-bond donors (Lipinski definition) is 1. The second kappa shape index (κ2) is 5.14. The van der Waals surface area contributed by atoms with Gasteiger partial charge in [-0.1, -0.05) is 11.6 Å². The maximum absolute atomic E-state index is 12.3. The lowest BCUT2D eigenvalue weighted by Gasteiger charge is -2.33. The van der Waals surface area contributed by atoms with Crippen LogP contribution in [0.1, 0.15) is 17.3 Å². The summed E-state index contributed by atoms with van der Waals surface area (Å²) in [5, 5.41) is 0.217. The summed E-state index contributed by atoms with van der Waals surface area (Å²) in [6, 6.07) is 1.81. The van der Waals surface area contributed by atoms with Gasteiger partial charge in [0.1, 0.15) is 5.15 Å². The van der Waals surface area contributed by atoms with E-state index in [9.17, 15) is 4.79 Å². The molecule has 0 radical (unpaired) electrons. The molecule has 6 heteroatoms. The van der Waals surface area contributed by atoms with Gasteiger partial charge in [0.05, 0.1) is 17.4 Å². The fraction of sp³-hybridized carbons (Fsp3) is 0.455. The lowest BCUT2D eigenvalue weighted by atomic mass is 10.2. The molecule has 1 fully saturated rings. The van der Waals surface area contributed by atoms with Crippen molar-refractivity contribution in [1.29, 1.82) is 0 Å². The number of carbonyl (C=O) groups excluding carboxylic acids is 1. The van der Waals surface area contributed by atoms with Crippen LogP contribution in [0.15, 0.2) is 12.3 Å². The molecule has 1 saturated heterocycles. The molecule has 92 valence electrons. The van der Waals surface area contributed by atoms with E-state index in [1.54, 1.807) is 6.07 Å². The maximum Gasteiger partial charge on any atom is 0.257 e. The van der Waals surface area contributed by atoms with Crippen LogP contribution in [0.4, 0.5) is 5.69 Å². The van der Waals surface area contributed by atoms with E-state index in [1.807, 2.05) is 23.6 Å². The van der Waals surface area contributed by atoms with E-state index in [0.717, 1.165) is 18.1 Å². The molecule has 1 amide bonds. The third-order valence-electron chi connectivity index (χ3n) is 2.72. The lowest BCUT2D eigenvalue weighted by Crippen LogP contribution is -2.44. The van der Waals surface area contributed by atoms with E-state index in [4.69, 9.17) is 17.3 Å². The SMILES string of the molecule is CC1CSCCN1C(=O)c1cc(N)cnc1Cl. The van der Waals surface area contributed by atoms with Crippen LogP contribution in [-0.4, -0.2) is 39.9 Å². The van der Waals surface area contributed by atoms with Crippen molar-refractivity contribution in [3.8, 4) is 0 Å². The molecule has 0 saturated carbocycles. The normalized spacial score (nSPS) is 20.4. The van der Waals surface area contributed by atoms with Gasteiger partial charge in [0.25, 0.3) is 5.91 Å². The van der Waals surface area contributed by atoms with Gasteiger partial charge >= 0.3 is 0 Å². The van der Waals surface area contributed by atoms with Crippen molar-refractivity contribution in [2.75, 3.05) is 23.8 Å². The van der Waals surface area contributed by atoms with Crippen LogP contribution in [0, 0.1) is 0 Å². The molecule has 4 nitrogen and oxygen atoms in total. The van der Waals surface area contributed by atoms with Gasteiger partial charge in [0, 0.05) is 24.1 Å². The van der Waals surface area contributed by atoms with Crippen molar-refractivity contribution in [3.05, 3.63) is 23.0 Å². The molecule has 1 aliphatic rings. The fourth-order valence-electron chi connectivity index (χ4n) is 1.80. The average molecular weight is 272 g/mol. The highest BCUT2D eigenvalue weighted by Gasteiger charge is 2.26. The summed E-state index contributed by atoms with van der Waals surface area (Å²) in [4.78, 5) is 18.1. The molecular formula is C11H14ClN3OS. The standard InChI is InChI=1S/C11H14ClN3OS/c1-7-6-17-3-2-15(7)11(16)9-4-8(13)5-14-10(9)12/h4-5,7H,2-3,6,13H2,1H3. The zero-order valence-corrected chi connectivity index (χ0v) is 11.1. The van der Waals surface area contributed by atoms with Crippen LogP contribution in [0.5, 0.6) is 0 Å². The van der Waals surface area contributed by atoms with Gasteiger partial charge in [-0.15, -0.1) is 0 Å². The highest BCUT2D eigenvalue weighted by Crippen LogP contribution is 2.22. The maximum atomic E-state index is 12.3. The molecule has 0 aromatic carbocycles. The molecule has 0 spiro atoms. The molecule has 0 bridgehead atoms. The number of rotatable bonds is 1. The third-order valence-corrected chi connectivity index (χ3v) is 4.21. The molecular weight excluding hydrogens is 258 g/mol.